The molecule has 1 atom stereocenters. The Morgan fingerprint density at radius 1 is 1.11 bits per heavy atom. The molecule has 1 fully saturated rings. The average molecular weight is 470 g/mol. The standard InChI is InChI=1S/C28H31N5O2/c1-35-27-9-8-24(18-25(27)30-20-22-5-2-12-29-19-22)28(34)32-14-3-6-21(11-16-32)17-23-7-4-15-33-26(23)10-13-31-33/h2,4-5,7-10,12-13,15,18-19,21,30H,3,6,11,14,16-17,20H2,1H3. The first-order valence-electron chi connectivity index (χ1n) is 12.2. The van der Waals surface area contributed by atoms with E-state index in [1.807, 2.05) is 58.3 Å². The number of fused-ring (bicyclic) bond motifs is 1. The zero-order chi connectivity index (χ0) is 24.0. The van der Waals surface area contributed by atoms with Crippen molar-refractivity contribution in [2.24, 2.45) is 5.92 Å². The van der Waals surface area contributed by atoms with Crippen LogP contribution in [0.1, 0.15) is 40.7 Å². The molecule has 35 heavy (non-hydrogen) atoms. The largest absolute Gasteiger partial charge is 0.495 e. The topological polar surface area (TPSA) is 71.8 Å². The Balaban J connectivity index is 1.24. The summed E-state index contributed by atoms with van der Waals surface area (Å²) < 4.78 is 7.46. The van der Waals surface area contributed by atoms with E-state index in [9.17, 15) is 4.79 Å². The molecule has 7 heteroatoms. The third kappa shape index (κ3) is 5.29. The maximum absolute atomic E-state index is 13.4. The van der Waals surface area contributed by atoms with Crippen LogP contribution in [0.15, 0.2) is 73.3 Å². The number of carbonyl (C=O) groups is 1. The van der Waals surface area contributed by atoms with E-state index in [2.05, 4.69) is 33.6 Å². The van der Waals surface area contributed by atoms with E-state index in [0.29, 0.717) is 18.0 Å². The van der Waals surface area contributed by atoms with Crippen LogP contribution >= 0.6 is 0 Å². The number of aromatic nitrogens is 3. The highest BCUT2D eigenvalue weighted by molar-refractivity contribution is 5.95. The number of nitrogens with zero attached hydrogens (tertiary/aromatic N) is 4. The minimum Gasteiger partial charge on any atom is -0.495 e. The van der Waals surface area contributed by atoms with Crippen molar-refractivity contribution in [3.8, 4) is 5.75 Å². The van der Waals surface area contributed by atoms with Crippen molar-refractivity contribution in [2.45, 2.75) is 32.2 Å². The van der Waals surface area contributed by atoms with Gasteiger partial charge in [0, 0.05) is 50.0 Å². The summed E-state index contributed by atoms with van der Waals surface area (Å²) in [4.78, 5) is 19.6. The number of ether oxygens (including phenoxy) is 1. The van der Waals surface area contributed by atoms with Gasteiger partial charge in [0.2, 0.25) is 0 Å². The molecule has 7 nitrogen and oxygen atoms in total. The molecule has 1 unspecified atom stereocenters. The lowest BCUT2D eigenvalue weighted by Gasteiger charge is -2.22. The number of hydrogen-bond acceptors (Lipinski definition) is 5. The van der Waals surface area contributed by atoms with Crippen molar-refractivity contribution >= 4 is 17.1 Å². The van der Waals surface area contributed by atoms with Crippen LogP contribution in [0, 0.1) is 5.92 Å². The molecule has 0 radical (unpaired) electrons. The van der Waals surface area contributed by atoms with Crippen molar-refractivity contribution in [3.63, 3.8) is 0 Å². The lowest BCUT2D eigenvalue weighted by atomic mass is 9.92. The molecule has 4 heterocycles. The van der Waals surface area contributed by atoms with Crippen LogP contribution in [-0.4, -0.2) is 45.6 Å². The molecule has 0 spiro atoms. The highest BCUT2D eigenvalue weighted by Gasteiger charge is 2.23. The van der Waals surface area contributed by atoms with Crippen LogP contribution in [-0.2, 0) is 13.0 Å². The Morgan fingerprint density at radius 3 is 2.91 bits per heavy atom. The SMILES string of the molecule is COc1ccc(C(=O)N2CCCC(Cc3cccn4nccc34)CC2)cc1NCc1cccnc1. The van der Waals surface area contributed by atoms with Crippen molar-refractivity contribution in [2.75, 3.05) is 25.5 Å². The quantitative estimate of drug-likeness (QED) is 0.420. The van der Waals surface area contributed by atoms with Crippen LogP contribution < -0.4 is 10.1 Å². The number of benzene rings is 1. The fourth-order valence-electron chi connectivity index (χ4n) is 4.93. The monoisotopic (exact) mass is 469 g/mol. The minimum absolute atomic E-state index is 0.0793. The van der Waals surface area contributed by atoms with Gasteiger partial charge in [-0.05, 0) is 79.1 Å². The van der Waals surface area contributed by atoms with E-state index < -0.39 is 0 Å². The van der Waals surface area contributed by atoms with Gasteiger partial charge in [-0.2, -0.15) is 5.10 Å². The molecular formula is C28H31N5O2. The summed E-state index contributed by atoms with van der Waals surface area (Å²) in [5.74, 6) is 1.35. The first kappa shape index (κ1) is 22.9. The maximum atomic E-state index is 13.4. The number of nitrogens with one attached hydrogen (secondary N) is 1. The Bertz CT molecular complexity index is 1290. The van der Waals surface area contributed by atoms with E-state index in [-0.39, 0.29) is 5.91 Å². The Kier molecular flexibility index (Phi) is 6.93. The van der Waals surface area contributed by atoms with E-state index in [0.717, 1.165) is 55.8 Å². The van der Waals surface area contributed by atoms with Gasteiger partial charge in [0.05, 0.1) is 18.3 Å². The van der Waals surface area contributed by atoms with Gasteiger partial charge in [0.1, 0.15) is 5.75 Å². The second kappa shape index (κ2) is 10.6. The number of carbonyl (C=O) groups excluding carboxylic acids is 1. The van der Waals surface area contributed by atoms with Gasteiger partial charge in [0.25, 0.3) is 5.91 Å². The van der Waals surface area contributed by atoms with Crippen molar-refractivity contribution in [1.82, 2.24) is 19.5 Å². The van der Waals surface area contributed by atoms with Crippen molar-refractivity contribution in [1.29, 1.82) is 0 Å². The fourth-order valence-corrected chi connectivity index (χ4v) is 4.93. The van der Waals surface area contributed by atoms with Gasteiger partial charge in [-0.1, -0.05) is 12.1 Å². The third-order valence-corrected chi connectivity index (χ3v) is 6.82. The molecule has 1 aliphatic heterocycles. The molecule has 0 aliphatic carbocycles. The number of rotatable bonds is 7. The predicted octanol–water partition coefficient (Wildman–Crippen LogP) is 4.84. The first-order chi connectivity index (χ1) is 17.2. The molecule has 0 bridgehead atoms. The van der Waals surface area contributed by atoms with Gasteiger partial charge in [0.15, 0.2) is 0 Å². The molecule has 3 aromatic heterocycles. The molecule has 0 saturated carbocycles. The van der Waals surface area contributed by atoms with Crippen LogP contribution in [0.3, 0.4) is 0 Å². The van der Waals surface area contributed by atoms with Crippen LogP contribution in [0.25, 0.3) is 5.52 Å². The summed E-state index contributed by atoms with van der Waals surface area (Å²) in [7, 11) is 1.64. The lowest BCUT2D eigenvalue weighted by Crippen LogP contribution is -2.32. The Labute approximate surface area is 205 Å². The van der Waals surface area contributed by atoms with Crippen LogP contribution in [0.4, 0.5) is 5.69 Å². The molecule has 1 amide bonds. The molecular weight excluding hydrogens is 438 g/mol. The summed E-state index contributed by atoms with van der Waals surface area (Å²) >= 11 is 0. The normalized spacial score (nSPS) is 16.1. The summed E-state index contributed by atoms with van der Waals surface area (Å²) in [6.07, 6.45) is 11.6. The molecule has 1 aromatic carbocycles. The fraction of sp³-hybridized carbons (Fsp3) is 0.321. The summed E-state index contributed by atoms with van der Waals surface area (Å²) in [6.45, 7) is 2.17. The molecule has 180 valence electrons. The van der Waals surface area contributed by atoms with Crippen molar-refractivity contribution < 1.29 is 9.53 Å². The van der Waals surface area contributed by atoms with E-state index in [1.165, 1.54) is 11.1 Å². The molecule has 4 aromatic rings. The van der Waals surface area contributed by atoms with E-state index in [1.54, 1.807) is 13.3 Å². The van der Waals surface area contributed by atoms with Gasteiger partial charge in [-0.25, -0.2) is 4.52 Å². The Morgan fingerprint density at radius 2 is 2.06 bits per heavy atom. The predicted molar refractivity (Wildman–Crippen MR) is 137 cm³/mol. The van der Waals surface area contributed by atoms with Gasteiger partial charge in [-0.3, -0.25) is 9.78 Å². The summed E-state index contributed by atoms with van der Waals surface area (Å²) in [6, 6.07) is 15.9. The smallest absolute Gasteiger partial charge is 0.253 e. The van der Waals surface area contributed by atoms with Crippen LogP contribution in [0.2, 0.25) is 0 Å². The highest BCUT2D eigenvalue weighted by atomic mass is 16.5. The summed E-state index contributed by atoms with van der Waals surface area (Å²) in [5, 5.41) is 7.75. The van der Waals surface area contributed by atoms with Gasteiger partial charge < -0.3 is 15.0 Å². The van der Waals surface area contributed by atoms with Gasteiger partial charge >= 0.3 is 0 Å². The number of anilines is 1. The lowest BCUT2D eigenvalue weighted by molar-refractivity contribution is 0.0760. The maximum Gasteiger partial charge on any atom is 0.253 e. The zero-order valence-electron chi connectivity index (χ0n) is 20.1. The minimum atomic E-state index is 0.0793. The zero-order valence-corrected chi connectivity index (χ0v) is 20.1. The first-order valence-corrected chi connectivity index (χ1v) is 12.2. The second-order valence-corrected chi connectivity index (χ2v) is 9.12. The molecule has 1 N–H and O–H groups in total. The number of pyridine rings is 2. The number of likely N-dealkylation sites (tertiary alicyclic amines) is 1. The number of amides is 1. The second-order valence-electron chi connectivity index (χ2n) is 9.12. The highest BCUT2D eigenvalue weighted by Crippen LogP contribution is 2.28. The number of hydrogen-bond donors (Lipinski definition) is 1. The molecule has 5 rings (SSSR count). The van der Waals surface area contributed by atoms with Crippen molar-refractivity contribution in [3.05, 3.63) is 90.0 Å². The average Bonchev–Trinajstić information content (AvgIpc) is 3.27. The molecule has 1 aliphatic rings. The number of methoxy groups -OCH3 is 1. The van der Waals surface area contributed by atoms with E-state index >= 15 is 0 Å². The van der Waals surface area contributed by atoms with Crippen LogP contribution in [0.5, 0.6) is 5.75 Å². The third-order valence-electron chi connectivity index (χ3n) is 6.82. The van der Waals surface area contributed by atoms with E-state index in [4.69, 9.17) is 4.74 Å². The summed E-state index contributed by atoms with van der Waals surface area (Å²) in [5.41, 5.74) is 5.06. The van der Waals surface area contributed by atoms with Gasteiger partial charge in [-0.15, -0.1) is 0 Å². The molecule has 1 saturated heterocycles. The Hall–Kier alpha value is -3.87.